The summed E-state index contributed by atoms with van der Waals surface area (Å²) in [5, 5.41) is 0. The van der Waals surface area contributed by atoms with Crippen molar-refractivity contribution in [1.29, 1.82) is 0 Å². The van der Waals surface area contributed by atoms with Gasteiger partial charge < -0.3 is 22.0 Å². The molecule has 0 saturated carbocycles. The Morgan fingerprint density at radius 1 is 1.05 bits per heavy atom. The van der Waals surface area contributed by atoms with Gasteiger partial charge in [-0.15, -0.1) is 0 Å². The number of hydrogen-bond acceptors (Lipinski definition) is 3. The Hall–Kier alpha value is -1.72. The molecule has 2 aliphatic heterocycles. The second-order valence-electron chi connectivity index (χ2n) is 10.6. The predicted molar refractivity (Wildman–Crippen MR) is 145 cm³/mol. The van der Waals surface area contributed by atoms with Gasteiger partial charge in [-0.1, -0.05) is 38.0 Å². The first-order valence-corrected chi connectivity index (χ1v) is 13.1. The third kappa shape index (κ3) is 6.65. The fourth-order valence-corrected chi connectivity index (χ4v) is 5.86. The molecule has 0 aromatic heterocycles. The first-order valence-electron chi connectivity index (χ1n) is 13.1. The summed E-state index contributed by atoms with van der Waals surface area (Å²) in [6, 6.07) is 19.2. The van der Waals surface area contributed by atoms with Gasteiger partial charge in [0.1, 0.15) is 5.75 Å². The van der Waals surface area contributed by atoms with Crippen molar-refractivity contribution in [2.24, 2.45) is 0 Å². The van der Waals surface area contributed by atoms with Crippen LogP contribution in [0.25, 0.3) is 0 Å². The molecular formula is C31H42N2O3Y-2. The van der Waals surface area contributed by atoms with Gasteiger partial charge in [0.25, 0.3) is 5.91 Å². The normalized spacial score (nSPS) is 22.9. The van der Waals surface area contributed by atoms with Gasteiger partial charge >= 0.3 is 0 Å². The molecule has 2 saturated heterocycles. The average Bonchev–Trinajstić information content (AvgIpc) is 2.87. The summed E-state index contributed by atoms with van der Waals surface area (Å²) >= 11 is 0. The van der Waals surface area contributed by atoms with Gasteiger partial charge in [-0.3, -0.25) is 9.59 Å². The van der Waals surface area contributed by atoms with E-state index in [1.807, 2.05) is 53.1 Å². The summed E-state index contributed by atoms with van der Waals surface area (Å²) in [6.45, 7) is 10.1. The van der Waals surface area contributed by atoms with Crippen molar-refractivity contribution in [1.82, 2.24) is 9.80 Å². The van der Waals surface area contributed by atoms with E-state index >= 15 is 0 Å². The molecule has 2 atom stereocenters. The van der Waals surface area contributed by atoms with Gasteiger partial charge in [0.05, 0.1) is 6.04 Å². The van der Waals surface area contributed by atoms with Crippen molar-refractivity contribution < 1.29 is 47.0 Å². The van der Waals surface area contributed by atoms with Gasteiger partial charge in [-0.2, -0.15) is 35.9 Å². The average molecular weight is 580 g/mol. The quantitative estimate of drug-likeness (QED) is 0.410. The summed E-state index contributed by atoms with van der Waals surface area (Å²) in [7, 11) is 0. The molecule has 2 aliphatic rings. The molecule has 5 nitrogen and oxygen atoms in total. The van der Waals surface area contributed by atoms with Crippen LogP contribution in [0.2, 0.25) is 0 Å². The smallest absolute Gasteiger partial charge is 0.268 e. The van der Waals surface area contributed by atoms with E-state index in [4.69, 9.17) is 4.74 Å². The molecule has 199 valence electrons. The zero-order chi connectivity index (χ0) is 25.1. The Bertz CT molecular complexity index is 1020. The number of nitrogens with zero attached hydrogens (tertiary/aromatic N) is 2. The molecule has 2 heterocycles. The van der Waals surface area contributed by atoms with E-state index in [1.165, 1.54) is 5.56 Å². The predicted octanol–water partition coefficient (Wildman–Crippen LogP) is 5.75. The van der Waals surface area contributed by atoms with Crippen LogP contribution in [0, 0.1) is 20.4 Å². The summed E-state index contributed by atoms with van der Waals surface area (Å²) in [5.41, 5.74) is 1.29. The number of aryl methyl sites for hydroxylation is 1. The number of carbonyl (C=O) groups excluding carboxylic acids is 2. The second-order valence-corrected chi connectivity index (χ2v) is 10.6. The minimum Gasteiger partial charge on any atom is -0.475 e. The molecule has 2 aromatic rings. The number of carbonyl (C=O) groups is 2. The van der Waals surface area contributed by atoms with Crippen LogP contribution in [-0.4, -0.2) is 52.9 Å². The molecule has 2 fully saturated rings. The zero-order valence-electron chi connectivity index (χ0n) is 23.3. The fraction of sp³-hybridized carbons (Fsp3) is 0.516. The van der Waals surface area contributed by atoms with E-state index in [0.29, 0.717) is 31.8 Å². The van der Waals surface area contributed by atoms with Crippen molar-refractivity contribution in [2.75, 3.05) is 19.6 Å². The molecule has 2 aromatic carbocycles. The Morgan fingerprint density at radius 3 is 2.30 bits per heavy atom. The first-order chi connectivity index (χ1) is 16.8. The molecule has 6 heteroatoms. The van der Waals surface area contributed by atoms with E-state index in [0.717, 1.165) is 37.7 Å². The van der Waals surface area contributed by atoms with E-state index in [-0.39, 0.29) is 63.4 Å². The Kier molecular flexibility index (Phi) is 11.4. The van der Waals surface area contributed by atoms with Gasteiger partial charge in [0.15, 0.2) is 0 Å². The number of ether oxygens (including phenoxy) is 1. The van der Waals surface area contributed by atoms with Crippen molar-refractivity contribution in [3.05, 3.63) is 73.2 Å². The molecule has 37 heavy (non-hydrogen) atoms. The van der Waals surface area contributed by atoms with Crippen LogP contribution in [0.5, 0.6) is 5.75 Å². The van der Waals surface area contributed by atoms with Gasteiger partial charge in [-0.05, 0) is 50.2 Å². The maximum atomic E-state index is 14.4. The van der Waals surface area contributed by atoms with Crippen LogP contribution in [0.4, 0.5) is 0 Å². The Balaban J connectivity index is 0.00000241. The molecule has 2 amide bonds. The number of likely N-dealkylation sites (tertiary alicyclic amines) is 2. The van der Waals surface area contributed by atoms with Crippen LogP contribution in [0.1, 0.15) is 70.4 Å². The molecule has 0 spiro atoms. The monoisotopic (exact) mass is 579 g/mol. The van der Waals surface area contributed by atoms with Crippen LogP contribution in [-0.2, 0) is 47.7 Å². The molecule has 0 unspecified atom stereocenters. The summed E-state index contributed by atoms with van der Waals surface area (Å²) in [6.07, 6.45) is 4.75. The maximum Gasteiger partial charge on any atom is 0.268 e. The van der Waals surface area contributed by atoms with E-state index in [1.54, 1.807) is 6.92 Å². The zero-order valence-corrected chi connectivity index (χ0v) is 26.1. The van der Waals surface area contributed by atoms with Crippen molar-refractivity contribution in [3.63, 3.8) is 0 Å². The standard InChI is InChI=1S/C30H39N2O3.CH3.Y/c1-5-10-27-30(17-9-20-32(27)24(3)33,35-26-15-13-23(2)14-16-26)28(34)31-21-18-29(4,19-22-31)25-11-7-6-8-12-25;;/h6-8,11,13-16,27H,5,9-10,17-22H2,1-4H3;1H3;/q2*-1;/t27-,30+;;/m1../s1. The number of rotatable bonds is 6. The van der Waals surface area contributed by atoms with Crippen molar-refractivity contribution in [3.8, 4) is 5.75 Å². The van der Waals surface area contributed by atoms with E-state index < -0.39 is 5.60 Å². The van der Waals surface area contributed by atoms with Gasteiger partial charge in [0.2, 0.25) is 11.5 Å². The third-order valence-corrected chi connectivity index (χ3v) is 8.02. The number of piperidine rings is 2. The number of benzene rings is 2. The molecule has 4 rings (SSSR count). The van der Waals surface area contributed by atoms with E-state index in [9.17, 15) is 9.59 Å². The molecule has 0 N–H and O–H groups in total. The van der Waals surface area contributed by atoms with Crippen molar-refractivity contribution >= 4 is 11.8 Å². The Morgan fingerprint density at radius 2 is 1.73 bits per heavy atom. The largest absolute Gasteiger partial charge is 0.475 e. The maximum absolute atomic E-state index is 14.4. The SMILES string of the molecule is CCC[C@H]1N(C(C)=O)CCC[C@@]1(Oc1ccc(C)cc1)C(=O)N1CCC(C)(c2[c-]cccc2)CC1.[CH3-].[Y]. The van der Waals surface area contributed by atoms with Crippen molar-refractivity contribution in [2.45, 2.75) is 83.3 Å². The summed E-state index contributed by atoms with van der Waals surface area (Å²) in [5.74, 6) is 0.733. The Labute approximate surface area is 249 Å². The molecule has 0 aliphatic carbocycles. The molecular weight excluding hydrogens is 537 g/mol. The minimum atomic E-state index is -1.07. The summed E-state index contributed by atoms with van der Waals surface area (Å²) < 4.78 is 6.70. The topological polar surface area (TPSA) is 49.9 Å². The van der Waals surface area contributed by atoms with Crippen LogP contribution in [0.15, 0.2) is 48.5 Å². The first kappa shape index (κ1) is 31.5. The second kappa shape index (κ2) is 13.4. The van der Waals surface area contributed by atoms with E-state index in [2.05, 4.69) is 32.0 Å². The fourth-order valence-electron chi connectivity index (χ4n) is 5.86. The van der Waals surface area contributed by atoms with Crippen LogP contribution in [0.3, 0.4) is 0 Å². The van der Waals surface area contributed by atoms with Gasteiger partial charge in [-0.25, -0.2) is 0 Å². The molecule has 0 bridgehead atoms. The van der Waals surface area contributed by atoms with Crippen LogP contribution >= 0.6 is 0 Å². The molecule has 1 radical (unpaired) electrons. The number of hydrogen-bond donors (Lipinski definition) is 0. The minimum absolute atomic E-state index is 0. The van der Waals surface area contributed by atoms with Gasteiger partial charge in [0, 0.05) is 65.7 Å². The summed E-state index contributed by atoms with van der Waals surface area (Å²) in [4.78, 5) is 30.9. The number of amides is 2. The van der Waals surface area contributed by atoms with Crippen LogP contribution < -0.4 is 4.74 Å². The third-order valence-electron chi connectivity index (χ3n) is 8.02.